The van der Waals surface area contributed by atoms with Gasteiger partial charge in [0.2, 0.25) is 0 Å². The molecule has 0 spiro atoms. The van der Waals surface area contributed by atoms with Crippen molar-refractivity contribution in [2.45, 2.75) is 5.54 Å². The van der Waals surface area contributed by atoms with Crippen LogP contribution < -0.4 is 9.80 Å². The Hall–Kier alpha value is -9.38. The Morgan fingerprint density at radius 3 is 1.73 bits per heavy atom. The molecule has 1 aliphatic rings. The topological polar surface area (TPSA) is 24.6 Å². The first-order chi connectivity index (χ1) is 35.2. The van der Waals surface area contributed by atoms with E-state index in [0.717, 1.165) is 61.6 Å². The molecule has 1 aliphatic carbocycles. The smallest absolute Gasteiger partial charge is 0.135 e. The highest BCUT2D eigenvalue weighted by atomic mass is 16.3. The molecule has 1 unspecified atom stereocenters. The predicted octanol–water partition coefficient (Wildman–Crippen LogP) is 17.9. The number of furan rings is 1. The second-order valence-electron chi connectivity index (χ2n) is 18.4. The van der Waals surface area contributed by atoms with Gasteiger partial charge >= 0.3 is 0 Å². The van der Waals surface area contributed by atoms with Gasteiger partial charge in [-0.25, -0.2) is 0 Å². The molecule has 0 saturated carbocycles. The lowest BCUT2D eigenvalue weighted by atomic mass is 9.78. The number of aromatic nitrogens is 1. The van der Waals surface area contributed by atoms with Crippen molar-refractivity contribution in [3.8, 4) is 27.9 Å². The minimum absolute atomic E-state index is 0.819. The van der Waals surface area contributed by atoms with E-state index in [0.29, 0.717) is 0 Å². The summed E-state index contributed by atoms with van der Waals surface area (Å²) in [5, 5.41) is 4.60. The third kappa shape index (κ3) is 6.39. The average Bonchev–Trinajstić information content (AvgIpc) is 4.09. The van der Waals surface area contributed by atoms with Crippen molar-refractivity contribution < 1.29 is 4.42 Å². The van der Waals surface area contributed by atoms with Crippen LogP contribution in [0.1, 0.15) is 16.7 Å². The highest BCUT2D eigenvalue weighted by molar-refractivity contribution is 6.11. The van der Waals surface area contributed by atoms with Crippen LogP contribution in [0, 0.1) is 0 Å². The number of anilines is 5. The highest BCUT2D eigenvalue weighted by Crippen LogP contribution is 2.59. The SMILES string of the molecule is c1ccc(-c2cccc(-n3c4ccccc4c4ccc(N(c5ccccc5)c5ccc6c(c5)C(c5ccccc5)(N(c5ccccc5)c5ccc7oc8ccccc8c7c5)c5ccccc5-6)cc43)c2)cc1. The Labute approximate surface area is 412 Å². The standard InChI is InChI=1S/C67H45N3O/c1-5-20-46(21-6-1)47-22-19-29-51(42-47)69-63-34-17-14-31-57(63)58-40-37-53(45-64(58)69)68(49-25-9-3-10-26-49)52-36-39-56-55-30-13-16-33-61(55)67(62(56)44-52,48-23-7-2-8-24-48)70(50-27-11-4-12-28-50)54-38-41-66-60(43-54)59-32-15-18-35-65(59)71-66/h1-45H. The maximum absolute atomic E-state index is 6.44. The van der Waals surface area contributed by atoms with Gasteiger partial charge in [0.05, 0.1) is 11.0 Å². The number of nitrogens with zero attached hydrogens (tertiary/aromatic N) is 3. The van der Waals surface area contributed by atoms with E-state index in [-0.39, 0.29) is 0 Å². The summed E-state index contributed by atoms with van der Waals surface area (Å²) in [6.07, 6.45) is 0. The van der Waals surface area contributed by atoms with E-state index in [2.05, 4.69) is 281 Å². The van der Waals surface area contributed by atoms with Crippen molar-refractivity contribution in [1.82, 2.24) is 4.57 Å². The van der Waals surface area contributed by atoms with Gasteiger partial charge < -0.3 is 18.8 Å². The first-order valence-corrected chi connectivity index (χ1v) is 24.3. The molecule has 0 amide bonds. The highest BCUT2D eigenvalue weighted by Gasteiger charge is 2.50. The van der Waals surface area contributed by atoms with Crippen LogP contribution in [0.3, 0.4) is 0 Å². The van der Waals surface area contributed by atoms with E-state index in [1.165, 1.54) is 55.2 Å². The summed E-state index contributed by atoms with van der Waals surface area (Å²) < 4.78 is 8.87. The van der Waals surface area contributed by atoms with Gasteiger partial charge in [0.25, 0.3) is 0 Å². The summed E-state index contributed by atoms with van der Waals surface area (Å²) in [5.74, 6) is 0. The number of fused-ring (bicyclic) bond motifs is 9. The second-order valence-corrected chi connectivity index (χ2v) is 18.4. The molecule has 0 radical (unpaired) electrons. The van der Waals surface area contributed by atoms with E-state index < -0.39 is 5.54 Å². The molecule has 4 nitrogen and oxygen atoms in total. The monoisotopic (exact) mass is 907 g/mol. The molecule has 334 valence electrons. The molecule has 0 aliphatic heterocycles. The third-order valence-electron chi connectivity index (χ3n) is 14.6. The fourth-order valence-electron chi connectivity index (χ4n) is 11.6. The third-order valence-corrected chi connectivity index (χ3v) is 14.6. The molecule has 0 N–H and O–H groups in total. The minimum atomic E-state index is -0.819. The van der Waals surface area contributed by atoms with E-state index in [4.69, 9.17) is 4.42 Å². The van der Waals surface area contributed by atoms with Gasteiger partial charge in [-0.15, -0.1) is 0 Å². The maximum atomic E-state index is 6.44. The van der Waals surface area contributed by atoms with E-state index in [1.807, 2.05) is 6.07 Å². The van der Waals surface area contributed by atoms with Crippen molar-refractivity contribution in [1.29, 1.82) is 0 Å². The zero-order valence-electron chi connectivity index (χ0n) is 38.7. The summed E-state index contributed by atoms with van der Waals surface area (Å²) >= 11 is 0. The van der Waals surface area contributed by atoms with Crippen molar-refractivity contribution in [3.05, 3.63) is 290 Å². The Bertz CT molecular complexity index is 4120. The van der Waals surface area contributed by atoms with Gasteiger partial charge in [0.15, 0.2) is 0 Å². The van der Waals surface area contributed by atoms with E-state index >= 15 is 0 Å². The van der Waals surface area contributed by atoms with Crippen molar-refractivity contribution in [2.24, 2.45) is 0 Å². The first-order valence-electron chi connectivity index (χ1n) is 24.3. The molecule has 4 heteroatoms. The van der Waals surface area contributed by atoms with Crippen LogP contribution in [0.2, 0.25) is 0 Å². The van der Waals surface area contributed by atoms with Gasteiger partial charge in [0, 0.05) is 55.7 Å². The summed E-state index contributed by atoms with van der Waals surface area (Å²) in [6, 6.07) is 99.3. The Balaban J connectivity index is 1.03. The summed E-state index contributed by atoms with van der Waals surface area (Å²) in [5.41, 5.74) is 18.0. The van der Waals surface area contributed by atoms with Crippen LogP contribution in [-0.2, 0) is 5.54 Å². The first kappa shape index (κ1) is 40.7. The normalized spacial score (nSPS) is 14.0. The maximum Gasteiger partial charge on any atom is 0.135 e. The molecule has 2 aromatic heterocycles. The number of rotatable bonds is 9. The van der Waals surface area contributed by atoms with Gasteiger partial charge in [-0.05, 0) is 130 Å². The average molecular weight is 908 g/mol. The molecule has 1 atom stereocenters. The van der Waals surface area contributed by atoms with Crippen LogP contribution in [0.4, 0.5) is 28.4 Å². The molecule has 71 heavy (non-hydrogen) atoms. The van der Waals surface area contributed by atoms with Crippen LogP contribution in [0.5, 0.6) is 0 Å². The zero-order chi connectivity index (χ0) is 46.9. The lowest BCUT2D eigenvalue weighted by Crippen LogP contribution is -2.44. The van der Waals surface area contributed by atoms with E-state index in [1.54, 1.807) is 0 Å². The minimum Gasteiger partial charge on any atom is -0.456 e. The quantitative estimate of drug-likeness (QED) is 0.144. The fraction of sp³-hybridized carbons (Fsp3) is 0.0149. The molecule has 14 rings (SSSR count). The molecule has 0 saturated heterocycles. The molecule has 0 fully saturated rings. The largest absolute Gasteiger partial charge is 0.456 e. The predicted molar refractivity (Wildman–Crippen MR) is 295 cm³/mol. The molecular weight excluding hydrogens is 863 g/mol. The summed E-state index contributed by atoms with van der Waals surface area (Å²) in [4.78, 5) is 5.00. The molecule has 0 bridgehead atoms. The van der Waals surface area contributed by atoms with E-state index in [9.17, 15) is 0 Å². The number of para-hydroxylation sites is 4. The van der Waals surface area contributed by atoms with Gasteiger partial charge in [-0.3, -0.25) is 0 Å². The zero-order valence-corrected chi connectivity index (χ0v) is 38.7. The van der Waals surface area contributed by atoms with Crippen LogP contribution >= 0.6 is 0 Å². The molecular formula is C67H45N3O. The molecule has 13 aromatic rings. The van der Waals surface area contributed by atoms with Gasteiger partial charge in [-0.1, -0.05) is 182 Å². The second kappa shape index (κ2) is 16.4. The summed E-state index contributed by atoms with van der Waals surface area (Å²) in [6.45, 7) is 0. The summed E-state index contributed by atoms with van der Waals surface area (Å²) in [7, 11) is 0. The van der Waals surface area contributed by atoms with Crippen LogP contribution in [-0.4, -0.2) is 4.57 Å². The molecule has 2 heterocycles. The Morgan fingerprint density at radius 1 is 0.324 bits per heavy atom. The van der Waals surface area contributed by atoms with Crippen molar-refractivity contribution in [2.75, 3.05) is 9.80 Å². The van der Waals surface area contributed by atoms with Gasteiger partial charge in [-0.2, -0.15) is 0 Å². The van der Waals surface area contributed by atoms with Crippen LogP contribution in [0.15, 0.2) is 277 Å². The number of hydrogen-bond acceptors (Lipinski definition) is 3. The number of benzene rings is 11. The fourth-order valence-corrected chi connectivity index (χ4v) is 11.6. The van der Waals surface area contributed by atoms with Crippen molar-refractivity contribution in [3.63, 3.8) is 0 Å². The Kier molecular flexibility index (Phi) is 9.39. The molecule has 11 aromatic carbocycles. The van der Waals surface area contributed by atoms with Crippen LogP contribution in [0.25, 0.3) is 71.7 Å². The lowest BCUT2D eigenvalue weighted by Gasteiger charge is -2.45. The lowest BCUT2D eigenvalue weighted by molar-refractivity contribution is 0.643. The van der Waals surface area contributed by atoms with Crippen molar-refractivity contribution >= 4 is 72.2 Å². The number of hydrogen-bond donors (Lipinski definition) is 0. The Morgan fingerprint density at radius 2 is 0.915 bits per heavy atom. The van der Waals surface area contributed by atoms with Gasteiger partial charge in [0.1, 0.15) is 16.7 Å².